The van der Waals surface area contributed by atoms with Crippen LogP contribution in [0.15, 0.2) is 18.2 Å². The van der Waals surface area contributed by atoms with Crippen molar-refractivity contribution in [1.82, 2.24) is 4.90 Å². The lowest BCUT2D eigenvalue weighted by atomic mass is 9.93. The van der Waals surface area contributed by atoms with Crippen LogP contribution in [-0.2, 0) is 20.7 Å². The number of rotatable bonds is 1. The maximum atomic E-state index is 13.2. The molecule has 0 aromatic heterocycles. The van der Waals surface area contributed by atoms with E-state index in [0.717, 1.165) is 17.7 Å². The number of morpholine rings is 1. The predicted molar refractivity (Wildman–Crippen MR) is 97.4 cm³/mol. The molecule has 0 saturated carbocycles. The van der Waals surface area contributed by atoms with Crippen LogP contribution in [0.2, 0.25) is 0 Å². The zero-order valence-electron chi connectivity index (χ0n) is 15.7. The second kappa shape index (κ2) is 6.06. The average Bonchev–Trinajstić information content (AvgIpc) is 3.02. The number of hydrogen-bond acceptors (Lipinski definition) is 4. The first-order chi connectivity index (χ1) is 12.3. The number of nitrogens with zero attached hydrogens (tertiary/aromatic N) is 2. The van der Waals surface area contributed by atoms with Crippen LogP contribution in [0.3, 0.4) is 0 Å². The van der Waals surface area contributed by atoms with Crippen molar-refractivity contribution in [2.75, 3.05) is 38.3 Å². The van der Waals surface area contributed by atoms with Gasteiger partial charge in [0.1, 0.15) is 5.60 Å². The molecule has 4 rings (SSSR count). The van der Waals surface area contributed by atoms with Gasteiger partial charge in [-0.25, -0.2) is 0 Å². The van der Waals surface area contributed by atoms with Crippen molar-refractivity contribution in [3.05, 3.63) is 29.3 Å². The van der Waals surface area contributed by atoms with Crippen LogP contribution in [0.4, 0.5) is 5.69 Å². The number of anilines is 1. The Morgan fingerprint density at radius 3 is 2.73 bits per heavy atom. The molecular formula is C20H26N2O4. The molecule has 2 fully saturated rings. The Labute approximate surface area is 154 Å². The van der Waals surface area contributed by atoms with Gasteiger partial charge in [0, 0.05) is 44.3 Å². The highest BCUT2D eigenvalue weighted by atomic mass is 16.6. The van der Waals surface area contributed by atoms with Crippen LogP contribution >= 0.6 is 0 Å². The molecule has 2 amide bonds. The number of aryl methyl sites for hydroxylation is 1. The molecule has 140 valence electrons. The van der Waals surface area contributed by atoms with Crippen molar-refractivity contribution in [3.63, 3.8) is 0 Å². The predicted octanol–water partition coefficient (Wildman–Crippen LogP) is 2.01. The highest BCUT2D eigenvalue weighted by Crippen LogP contribution is 2.35. The molecule has 0 N–H and O–H groups in total. The van der Waals surface area contributed by atoms with Crippen molar-refractivity contribution in [3.8, 4) is 0 Å². The number of hydrogen-bond donors (Lipinski definition) is 0. The number of fused-ring (bicyclic) bond motifs is 1. The Hall–Kier alpha value is -1.92. The van der Waals surface area contributed by atoms with Crippen LogP contribution in [0.5, 0.6) is 0 Å². The molecule has 1 atom stereocenters. The fourth-order valence-corrected chi connectivity index (χ4v) is 4.42. The third-order valence-corrected chi connectivity index (χ3v) is 5.57. The molecule has 0 aliphatic carbocycles. The Morgan fingerprint density at radius 1 is 1.19 bits per heavy atom. The molecule has 1 aromatic carbocycles. The third-order valence-electron chi connectivity index (χ3n) is 5.57. The van der Waals surface area contributed by atoms with E-state index in [0.29, 0.717) is 44.7 Å². The average molecular weight is 358 g/mol. The van der Waals surface area contributed by atoms with Gasteiger partial charge in [-0.05, 0) is 44.0 Å². The van der Waals surface area contributed by atoms with E-state index in [-0.39, 0.29) is 11.8 Å². The smallest absolute Gasteiger partial charge is 0.254 e. The quantitative estimate of drug-likeness (QED) is 0.771. The standard InChI is InChI=1S/C20H26N2O4/c1-19(2)11-22(12-20(26-19)8-9-25-13-20)18(24)15-4-6-16-14(10-15)5-7-17(23)21(16)3/h4,6,10H,5,7-9,11-13H2,1-3H3. The Balaban J connectivity index is 1.60. The van der Waals surface area contributed by atoms with Crippen molar-refractivity contribution >= 4 is 17.5 Å². The summed E-state index contributed by atoms with van der Waals surface area (Å²) in [7, 11) is 1.79. The molecule has 6 nitrogen and oxygen atoms in total. The number of carbonyl (C=O) groups excluding carboxylic acids is 2. The summed E-state index contributed by atoms with van der Waals surface area (Å²) >= 11 is 0. The highest BCUT2D eigenvalue weighted by molar-refractivity contribution is 5.99. The molecule has 0 bridgehead atoms. The van der Waals surface area contributed by atoms with Crippen LogP contribution < -0.4 is 4.90 Å². The minimum atomic E-state index is -0.400. The summed E-state index contributed by atoms with van der Waals surface area (Å²) in [5.74, 6) is 0.143. The van der Waals surface area contributed by atoms with Gasteiger partial charge in [-0.3, -0.25) is 9.59 Å². The fourth-order valence-electron chi connectivity index (χ4n) is 4.42. The Morgan fingerprint density at radius 2 is 2.00 bits per heavy atom. The van der Waals surface area contributed by atoms with Gasteiger partial charge in [0.05, 0.1) is 18.8 Å². The van der Waals surface area contributed by atoms with E-state index in [2.05, 4.69) is 0 Å². The molecular weight excluding hydrogens is 332 g/mol. The van der Waals surface area contributed by atoms with Gasteiger partial charge in [-0.1, -0.05) is 0 Å². The second-order valence-electron chi connectivity index (χ2n) is 8.30. The molecule has 3 aliphatic rings. The van der Waals surface area contributed by atoms with Gasteiger partial charge < -0.3 is 19.3 Å². The lowest BCUT2D eigenvalue weighted by molar-refractivity contribution is -0.186. The number of benzene rings is 1. The molecule has 1 spiro atoms. The van der Waals surface area contributed by atoms with Crippen molar-refractivity contribution in [2.24, 2.45) is 0 Å². The normalized spacial score (nSPS) is 27.7. The van der Waals surface area contributed by atoms with E-state index in [9.17, 15) is 9.59 Å². The minimum Gasteiger partial charge on any atom is -0.378 e. The van der Waals surface area contributed by atoms with Crippen LogP contribution in [0, 0.1) is 0 Å². The molecule has 2 saturated heterocycles. The summed E-state index contributed by atoms with van der Waals surface area (Å²) < 4.78 is 11.9. The lowest BCUT2D eigenvalue weighted by Gasteiger charge is -2.48. The minimum absolute atomic E-state index is 0.0232. The van der Waals surface area contributed by atoms with Crippen LogP contribution in [-0.4, -0.2) is 61.3 Å². The van der Waals surface area contributed by atoms with E-state index in [1.165, 1.54) is 0 Å². The van der Waals surface area contributed by atoms with Crippen LogP contribution in [0.1, 0.15) is 42.6 Å². The largest absolute Gasteiger partial charge is 0.378 e. The van der Waals surface area contributed by atoms with Gasteiger partial charge in [0.25, 0.3) is 5.91 Å². The molecule has 1 aromatic rings. The SMILES string of the molecule is CN1C(=O)CCc2cc(C(=O)N3CC(C)(C)OC4(CCOC4)C3)ccc21. The Kier molecular flexibility index (Phi) is 4.08. The summed E-state index contributed by atoms with van der Waals surface area (Å²) in [4.78, 5) is 28.6. The fraction of sp³-hybridized carbons (Fsp3) is 0.600. The summed E-state index contributed by atoms with van der Waals surface area (Å²) in [5, 5.41) is 0. The van der Waals surface area contributed by atoms with Crippen molar-refractivity contribution < 1.29 is 19.1 Å². The third kappa shape index (κ3) is 3.01. The second-order valence-corrected chi connectivity index (χ2v) is 8.30. The maximum absolute atomic E-state index is 13.2. The molecule has 26 heavy (non-hydrogen) atoms. The van der Waals surface area contributed by atoms with Gasteiger partial charge in [-0.15, -0.1) is 0 Å². The molecule has 3 aliphatic heterocycles. The van der Waals surface area contributed by atoms with Gasteiger partial charge in [-0.2, -0.15) is 0 Å². The first-order valence-corrected chi connectivity index (χ1v) is 9.25. The summed E-state index contributed by atoms with van der Waals surface area (Å²) in [6.07, 6.45) is 2.00. The maximum Gasteiger partial charge on any atom is 0.254 e. The van der Waals surface area contributed by atoms with E-state index in [4.69, 9.17) is 9.47 Å². The Bertz CT molecular complexity index is 752. The molecule has 3 heterocycles. The summed E-state index contributed by atoms with van der Waals surface area (Å²) in [6.45, 7) is 6.39. The monoisotopic (exact) mass is 358 g/mol. The highest BCUT2D eigenvalue weighted by Gasteiger charge is 2.48. The zero-order chi connectivity index (χ0) is 18.5. The van der Waals surface area contributed by atoms with E-state index in [1.807, 2.05) is 36.9 Å². The van der Waals surface area contributed by atoms with Gasteiger partial charge in [0.2, 0.25) is 5.91 Å². The lowest BCUT2D eigenvalue weighted by Crippen LogP contribution is -2.61. The van der Waals surface area contributed by atoms with E-state index < -0.39 is 11.2 Å². The van der Waals surface area contributed by atoms with Crippen molar-refractivity contribution in [1.29, 1.82) is 0 Å². The van der Waals surface area contributed by atoms with Crippen molar-refractivity contribution in [2.45, 2.75) is 44.3 Å². The van der Waals surface area contributed by atoms with Crippen LogP contribution in [0.25, 0.3) is 0 Å². The number of ether oxygens (including phenoxy) is 2. The number of amides is 2. The first kappa shape index (κ1) is 17.5. The summed E-state index contributed by atoms with van der Waals surface area (Å²) in [5.41, 5.74) is 1.85. The molecule has 6 heteroatoms. The van der Waals surface area contributed by atoms with Gasteiger partial charge >= 0.3 is 0 Å². The van der Waals surface area contributed by atoms with E-state index in [1.54, 1.807) is 11.9 Å². The van der Waals surface area contributed by atoms with E-state index >= 15 is 0 Å². The first-order valence-electron chi connectivity index (χ1n) is 9.25. The summed E-state index contributed by atoms with van der Waals surface area (Å²) in [6, 6.07) is 5.66. The molecule has 1 unspecified atom stereocenters. The van der Waals surface area contributed by atoms with Gasteiger partial charge in [0.15, 0.2) is 0 Å². The topological polar surface area (TPSA) is 59.1 Å². The zero-order valence-corrected chi connectivity index (χ0v) is 15.7. The molecule has 0 radical (unpaired) electrons. The number of carbonyl (C=O) groups is 2.